The van der Waals surface area contributed by atoms with Gasteiger partial charge in [-0.15, -0.1) is 0 Å². The molecule has 2 nitrogen and oxygen atoms in total. The molecule has 0 amide bonds. The molecule has 1 spiro atoms. The molecule has 4 bridgehead atoms. The SMILES string of the molecule is c1ccc(-c2ccc(-n3c4ccccc4c4cc(-c5ccc6c(c5)c5ccccc5n6-c5ccc6c(c5)C5(c7ccccc7-6)C6CC7CC(C6)CC5C7)ccc43)c3ccccc23)cc1. The van der Waals surface area contributed by atoms with Gasteiger partial charge in [-0.3, -0.25) is 0 Å². The average Bonchev–Trinajstić information content (AvgIpc) is 3.96. The predicted octanol–water partition coefficient (Wildman–Crippen LogP) is 16.1. The van der Waals surface area contributed by atoms with Crippen LogP contribution >= 0.6 is 0 Å². The summed E-state index contributed by atoms with van der Waals surface area (Å²) < 4.78 is 5.04. The van der Waals surface area contributed by atoms with Crippen LogP contribution in [-0.4, -0.2) is 9.13 Å². The Morgan fingerprint density at radius 2 is 0.859 bits per heavy atom. The Kier molecular flexibility index (Phi) is 7.15. The number of rotatable bonds is 4. The van der Waals surface area contributed by atoms with E-state index in [9.17, 15) is 0 Å². The summed E-state index contributed by atoms with van der Waals surface area (Å²) in [6.07, 6.45) is 7.06. The fourth-order valence-electron chi connectivity index (χ4n) is 14.5. The van der Waals surface area contributed by atoms with Crippen LogP contribution < -0.4 is 0 Å². The van der Waals surface area contributed by atoms with Gasteiger partial charge in [-0.1, -0.05) is 140 Å². The fourth-order valence-corrected chi connectivity index (χ4v) is 14.5. The standard InChI is InChI=1S/C62H46N2/c1-2-12-40(13-3-1)46-26-29-59(50-16-5-4-14-47(46)50)64-58-21-11-8-18-52(58)54-36-42(23-28-61(54)64)41-22-27-60-53(35-41)51-17-7-10-20-57(51)63(60)45-24-25-49-48-15-6-9-19-55(48)62(56(49)37-45)43-31-38-30-39(33-43)34-44(62)32-38/h1-29,35-39,43-44H,30-34H2. The van der Waals surface area contributed by atoms with Crippen LogP contribution in [-0.2, 0) is 5.41 Å². The molecule has 0 N–H and O–H groups in total. The maximum atomic E-state index is 2.64. The fraction of sp³-hybridized carbons (Fsp3) is 0.161. The molecular weight excluding hydrogens is 773 g/mol. The van der Waals surface area contributed by atoms with Crippen molar-refractivity contribution in [3.63, 3.8) is 0 Å². The molecule has 9 aromatic carbocycles. The predicted molar refractivity (Wildman–Crippen MR) is 267 cm³/mol. The van der Waals surface area contributed by atoms with Crippen molar-refractivity contribution in [3.05, 3.63) is 205 Å². The van der Waals surface area contributed by atoms with Gasteiger partial charge in [0, 0.05) is 38.0 Å². The van der Waals surface area contributed by atoms with Gasteiger partial charge in [0.2, 0.25) is 0 Å². The van der Waals surface area contributed by atoms with E-state index >= 15 is 0 Å². The van der Waals surface area contributed by atoms with Crippen molar-refractivity contribution in [1.29, 1.82) is 0 Å². The lowest BCUT2D eigenvalue weighted by molar-refractivity contribution is -0.0399. The quantitative estimate of drug-likeness (QED) is 0.167. The molecule has 5 aliphatic carbocycles. The first kappa shape index (κ1) is 35.3. The Balaban J connectivity index is 0.881. The summed E-state index contributed by atoms with van der Waals surface area (Å²) in [6, 6.07) is 73.6. The highest BCUT2D eigenvalue weighted by Gasteiger charge is 2.61. The minimum absolute atomic E-state index is 0.141. The van der Waals surface area contributed by atoms with Crippen LogP contribution in [0.5, 0.6) is 0 Å². The van der Waals surface area contributed by atoms with Gasteiger partial charge in [-0.25, -0.2) is 0 Å². The minimum atomic E-state index is 0.141. The Labute approximate surface area is 373 Å². The molecule has 2 aromatic heterocycles. The maximum Gasteiger partial charge on any atom is 0.0541 e. The largest absolute Gasteiger partial charge is 0.309 e. The molecule has 0 radical (unpaired) electrons. The molecule has 0 atom stereocenters. The molecule has 4 saturated carbocycles. The van der Waals surface area contributed by atoms with E-state index in [-0.39, 0.29) is 5.41 Å². The maximum absolute atomic E-state index is 2.64. The number of aromatic nitrogens is 2. The highest BCUT2D eigenvalue weighted by Crippen LogP contribution is 2.69. The topological polar surface area (TPSA) is 9.86 Å². The number of benzene rings is 9. The third-order valence-electron chi connectivity index (χ3n) is 16.7. The van der Waals surface area contributed by atoms with Crippen LogP contribution in [0, 0.1) is 23.7 Å². The summed E-state index contributed by atoms with van der Waals surface area (Å²) in [5, 5.41) is 7.65. The van der Waals surface area contributed by atoms with E-state index in [1.807, 2.05) is 0 Å². The minimum Gasteiger partial charge on any atom is -0.309 e. The van der Waals surface area contributed by atoms with Gasteiger partial charge in [-0.2, -0.15) is 0 Å². The lowest BCUT2D eigenvalue weighted by atomic mass is 9.43. The van der Waals surface area contributed by atoms with Crippen LogP contribution in [0.25, 0.3) is 99.1 Å². The van der Waals surface area contributed by atoms with E-state index in [2.05, 4.69) is 203 Å². The molecule has 304 valence electrons. The summed E-state index contributed by atoms with van der Waals surface area (Å²) >= 11 is 0. The Morgan fingerprint density at radius 1 is 0.328 bits per heavy atom. The van der Waals surface area contributed by atoms with E-state index in [0.717, 1.165) is 23.7 Å². The smallest absolute Gasteiger partial charge is 0.0541 e. The van der Waals surface area contributed by atoms with Crippen molar-refractivity contribution >= 4 is 54.4 Å². The molecule has 0 unspecified atom stereocenters. The number of hydrogen-bond donors (Lipinski definition) is 0. The van der Waals surface area contributed by atoms with Gasteiger partial charge < -0.3 is 9.13 Å². The van der Waals surface area contributed by atoms with Crippen LogP contribution in [0.4, 0.5) is 0 Å². The first-order chi connectivity index (χ1) is 31.7. The number of hydrogen-bond acceptors (Lipinski definition) is 0. The molecule has 2 heterocycles. The normalized spacial score (nSPS) is 21.8. The Bertz CT molecular complexity index is 3720. The van der Waals surface area contributed by atoms with Gasteiger partial charge >= 0.3 is 0 Å². The first-order valence-electron chi connectivity index (χ1n) is 23.6. The zero-order chi connectivity index (χ0) is 41.7. The molecule has 0 aliphatic heterocycles. The van der Waals surface area contributed by atoms with Gasteiger partial charge in [0.1, 0.15) is 0 Å². The average molecular weight is 819 g/mol. The van der Waals surface area contributed by atoms with Crippen LogP contribution in [0.15, 0.2) is 194 Å². The summed E-state index contributed by atoms with van der Waals surface area (Å²) in [5.41, 5.74) is 18.8. The Morgan fingerprint density at radius 3 is 1.56 bits per heavy atom. The van der Waals surface area contributed by atoms with E-state index < -0.39 is 0 Å². The van der Waals surface area contributed by atoms with Crippen molar-refractivity contribution in [3.8, 4) is 44.8 Å². The third kappa shape index (κ3) is 4.65. The van der Waals surface area contributed by atoms with Crippen molar-refractivity contribution in [2.75, 3.05) is 0 Å². The second-order valence-electron chi connectivity index (χ2n) is 19.7. The van der Waals surface area contributed by atoms with E-state index in [0.29, 0.717) is 0 Å². The van der Waals surface area contributed by atoms with E-state index in [1.54, 1.807) is 11.1 Å². The summed E-state index contributed by atoms with van der Waals surface area (Å²) in [6.45, 7) is 0. The van der Waals surface area contributed by atoms with E-state index in [4.69, 9.17) is 0 Å². The molecule has 64 heavy (non-hydrogen) atoms. The zero-order valence-electron chi connectivity index (χ0n) is 35.7. The summed E-state index contributed by atoms with van der Waals surface area (Å²) in [7, 11) is 0. The first-order valence-corrected chi connectivity index (χ1v) is 23.6. The molecule has 4 fully saturated rings. The molecule has 5 aliphatic rings. The second-order valence-corrected chi connectivity index (χ2v) is 19.7. The highest BCUT2D eigenvalue weighted by atomic mass is 15.0. The van der Waals surface area contributed by atoms with Crippen molar-refractivity contribution in [1.82, 2.24) is 9.13 Å². The highest BCUT2D eigenvalue weighted by molar-refractivity contribution is 6.14. The molecule has 2 heteroatoms. The van der Waals surface area contributed by atoms with Crippen molar-refractivity contribution in [2.24, 2.45) is 23.7 Å². The van der Waals surface area contributed by atoms with Gasteiger partial charge in [0.15, 0.2) is 0 Å². The molecular formula is C62H46N2. The molecule has 0 saturated heterocycles. The number of nitrogens with zero attached hydrogens (tertiary/aromatic N) is 2. The van der Waals surface area contributed by atoms with Gasteiger partial charge in [0.25, 0.3) is 0 Å². The summed E-state index contributed by atoms with van der Waals surface area (Å²) in [5.74, 6) is 3.34. The van der Waals surface area contributed by atoms with Crippen molar-refractivity contribution < 1.29 is 0 Å². The van der Waals surface area contributed by atoms with Gasteiger partial charge in [-0.05, 0) is 160 Å². The third-order valence-corrected chi connectivity index (χ3v) is 16.7. The van der Waals surface area contributed by atoms with Gasteiger partial charge in [0.05, 0.1) is 27.8 Å². The van der Waals surface area contributed by atoms with Crippen LogP contribution in [0.2, 0.25) is 0 Å². The van der Waals surface area contributed by atoms with Crippen LogP contribution in [0.3, 0.4) is 0 Å². The lowest BCUT2D eigenvalue weighted by Crippen LogP contribution is -2.55. The van der Waals surface area contributed by atoms with E-state index in [1.165, 1.54) is 131 Å². The van der Waals surface area contributed by atoms with Crippen LogP contribution in [0.1, 0.15) is 43.2 Å². The Hall–Kier alpha value is -7.16. The zero-order valence-corrected chi connectivity index (χ0v) is 35.7. The molecule has 11 aromatic rings. The second kappa shape index (κ2) is 13.0. The number of para-hydroxylation sites is 2. The monoisotopic (exact) mass is 818 g/mol. The lowest BCUT2D eigenvalue weighted by Gasteiger charge is -2.61. The van der Waals surface area contributed by atoms with Crippen molar-refractivity contribution in [2.45, 2.75) is 37.5 Å². The number of fused-ring (bicyclic) bond motifs is 10. The molecule has 16 rings (SSSR count). The summed E-state index contributed by atoms with van der Waals surface area (Å²) in [4.78, 5) is 0.